The van der Waals surface area contributed by atoms with E-state index in [0.717, 1.165) is 31.6 Å². The Morgan fingerprint density at radius 2 is 2.04 bits per heavy atom. The van der Waals surface area contributed by atoms with Crippen LogP contribution < -0.4 is 10.6 Å². The van der Waals surface area contributed by atoms with Gasteiger partial charge in [-0.05, 0) is 56.3 Å². The molecule has 27 heavy (non-hydrogen) atoms. The van der Waals surface area contributed by atoms with Gasteiger partial charge in [-0.3, -0.25) is 4.79 Å². The van der Waals surface area contributed by atoms with Crippen molar-refractivity contribution in [1.29, 1.82) is 0 Å². The summed E-state index contributed by atoms with van der Waals surface area (Å²) in [5.41, 5.74) is 1.83. The minimum atomic E-state index is -0.175. The number of amides is 1. The number of halogens is 2. The van der Waals surface area contributed by atoms with E-state index in [-0.39, 0.29) is 24.4 Å². The molecule has 6 nitrogen and oxygen atoms in total. The molecule has 2 N–H and O–H groups in total. The Bertz CT molecular complexity index is 902. The number of aromatic nitrogens is 2. The van der Waals surface area contributed by atoms with E-state index in [1.54, 1.807) is 35.2 Å². The fourth-order valence-corrected chi connectivity index (χ4v) is 3.31. The number of benzene rings is 1. The minimum Gasteiger partial charge on any atom is -0.463 e. The van der Waals surface area contributed by atoms with E-state index in [1.807, 2.05) is 18.2 Å². The maximum Gasteiger partial charge on any atom is 0.272 e. The van der Waals surface area contributed by atoms with Crippen LogP contribution >= 0.6 is 24.0 Å². The number of hydrogen-bond acceptors (Lipinski definition) is 4. The number of furan rings is 1. The van der Waals surface area contributed by atoms with Crippen molar-refractivity contribution in [1.82, 2.24) is 20.4 Å². The van der Waals surface area contributed by atoms with Crippen LogP contribution in [0.2, 0.25) is 5.02 Å². The van der Waals surface area contributed by atoms with Crippen LogP contribution in [0.5, 0.6) is 0 Å². The molecule has 4 rings (SSSR count). The highest BCUT2D eigenvalue weighted by atomic mass is 35.5. The maximum atomic E-state index is 12.7. The largest absolute Gasteiger partial charge is 0.463 e. The molecule has 3 aromatic rings. The summed E-state index contributed by atoms with van der Waals surface area (Å²) in [5.74, 6) is 0.462. The van der Waals surface area contributed by atoms with Crippen molar-refractivity contribution in [2.45, 2.75) is 18.9 Å². The highest BCUT2D eigenvalue weighted by Gasteiger charge is 2.21. The standard InChI is InChI=1S/C19H19ClN4O2.ClH/c20-13-3-1-4-15(11-13)24-17(18-5-2-10-26-18)12-16(23-24)19(25)22-14-6-8-21-9-7-14;/h1-5,10-12,14,21H,6-9H2,(H,22,25);1H. The lowest BCUT2D eigenvalue weighted by molar-refractivity contribution is 0.0924. The molecule has 0 unspecified atom stereocenters. The van der Waals surface area contributed by atoms with Crippen molar-refractivity contribution < 1.29 is 9.21 Å². The fraction of sp³-hybridized carbons (Fsp3) is 0.263. The smallest absolute Gasteiger partial charge is 0.272 e. The molecule has 1 aromatic carbocycles. The zero-order valence-electron chi connectivity index (χ0n) is 14.5. The third-order valence-corrected chi connectivity index (χ3v) is 4.68. The van der Waals surface area contributed by atoms with Crippen molar-refractivity contribution in [3.8, 4) is 17.1 Å². The van der Waals surface area contributed by atoms with Crippen LogP contribution in [-0.4, -0.2) is 34.8 Å². The Morgan fingerprint density at radius 1 is 1.22 bits per heavy atom. The van der Waals surface area contributed by atoms with E-state index in [1.165, 1.54) is 0 Å². The molecule has 1 aliphatic heterocycles. The highest BCUT2D eigenvalue weighted by molar-refractivity contribution is 6.30. The predicted molar refractivity (Wildman–Crippen MR) is 107 cm³/mol. The average Bonchev–Trinajstić information content (AvgIpc) is 3.32. The molecule has 1 fully saturated rings. The van der Waals surface area contributed by atoms with Crippen molar-refractivity contribution >= 4 is 29.9 Å². The summed E-state index contributed by atoms with van der Waals surface area (Å²) in [5, 5.41) is 11.5. The van der Waals surface area contributed by atoms with Crippen molar-refractivity contribution in [3.05, 3.63) is 59.4 Å². The monoisotopic (exact) mass is 406 g/mol. The molecule has 0 saturated carbocycles. The van der Waals surface area contributed by atoms with Gasteiger partial charge in [0.2, 0.25) is 0 Å². The number of piperidine rings is 1. The molecule has 8 heteroatoms. The van der Waals surface area contributed by atoms with E-state index in [4.69, 9.17) is 16.0 Å². The van der Waals surface area contributed by atoms with Crippen LogP contribution in [0.4, 0.5) is 0 Å². The van der Waals surface area contributed by atoms with Gasteiger partial charge in [0.05, 0.1) is 12.0 Å². The average molecular weight is 407 g/mol. The molecule has 0 bridgehead atoms. The molecular weight excluding hydrogens is 387 g/mol. The first kappa shape index (κ1) is 19.5. The Morgan fingerprint density at radius 3 is 2.74 bits per heavy atom. The number of nitrogens with zero attached hydrogens (tertiary/aromatic N) is 2. The van der Waals surface area contributed by atoms with E-state index >= 15 is 0 Å². The number of rotatable bonds is 4. The zero-order chi connectivity index (χ0) is 17.9. The third-order valence-electron chi connectivity index (χ3n) is 4.44. The Kier molecular flexibility index (Phi) is 6.21. The van der Waals surface area contributed by atoms with Gasteiger partial charge in [0.15, 0.2) is 11.5 Å². The number of carbonyl (C=O) groups excluding carboxylic acids is 1. The molecule has 0 spiro atoms. The lowest BCUT2D eigenvalue weighted by Gasteiger charge is -2.23. The zero-order valence-corrected chi connectivity index (χ0v) is 16.1. The predicted octanol–water partition coefficient (Wildman–Crippen LogP) is 3.69. The van der Waals surface area contributed by atoms with E-state index < -0.39 is 0 Å². The number of nitrogens with one attached hydrogen (secondary N) is 2. The van der Waals surface area contributed by atoms with Crippen molar-refractivity contribution in [2.24, 2.45) is 0 Å². The van der Waals surface area contributed by atoms with E-state index in [9.17, 15) is 4.79 Å². The molecule has 0 aliphatic carbocycles. The number of hydrogen-bond donors (Lipinski definition) is 2. The van der Waals surface area contributed by atoms with Crippen molar-refractivity contribution in [2.75, 3.05) is 13.1 Å². The second kappa shape index (κ2) is 8.61. The summed E-state index contributed by atoms with van der Waals surface area (Å²) in [7, 11) is 0. The lowest BCUT2D eigenvalue weighted by Crippen LogP contribution is -2.42. The van der Waals surface area contributed by atoms with Gasteiger partial charge in [-0.25, -0.2) is 4.68 Å². The summed E-state index contributed by atoms with van der Waals surface area (Å²) in [4.78, 5) is 12.7. The van der Waals surface area contributed by atoms with Gasteiger partial charge in [0.1, 0.15) is 5.69 Å². The minimum absolute atomic E-state index is 0. The quantitative estimate of drug-likeness (QED) is 0.692. The summed E-state index contributed by atoms with van der Waals surface area (Å²) in [6.07, 6.45) is 3.44. The second-order valence-corrected chi connectivity index (χ2v) is 6.72. The van der Waals surface area contributed by atoms with Crippen LogP contribution in [0, 0.1) is 0 Å². The van der Waals surface area contributed by atoms with Crippen LogP contribution in [0.3, 0.4) is 0 Å². The van der Waals surface area contributed by atoms with Crippen LogP contribution in [0.15, 0.2) is 53.1 Å². The first-order valence-corrected chi connectivity index (χ1v) is 9.00. The molecule has 1 aliphatic rings. The second-order valence-electron chi connectivity index (χ2n) is 6.28. The Balaban J connectivity index is 0.00000210. The summed E-state index contributed by atoms with van der Waals surface area (Å²) in [6.45, 7) is 1.83. The first-order valence-electron chi connectivity index (χ1n) is 8.62. The van der Waals surface area contributed by atoms with Crippen LogP contribution in [0.1, 0.15) is 23.3 Å². The summed E-state index contributed by atoms with van der Waals surface area (Å²) in [6, 6.07) is 12.9. The molecule has 0 radical (unpaired) electrons. The van der Waals surface area contributed by atoms with Gasteiger partial charge in [-0.2, -0.15) is 5.10 Å². The normalized spacial score (nSPS) is 14.6. The van der Waals surface area contributed by atoms with Gasteiger partial charge < -0.3 is 15.1 Å². The summed E-state index contributed by atoms with van der Waals surface area (Å²) >= 11 is 6.12. The highest BCUT2D eigenvalue weighted by Crippen LogP contribution is 2.26. The van der Waals surface area contributed by atoms with Gasteiger partial charge in [-0.1, -0.05) is 17.7 Å². The number of carbonyl (C=O) groups is 1. The summed E-state index contributed by atoms with van der Waals surface area (Å²) < 4.78 is 7.20. The molecular formula is C19H20Cl2N4O2. The fourth-order valence-electron chi connectivity index (χ4n) is 3.12. The third kappa shape index (κ3) is 4.35. The van der Waals surface area contributed by atoms with Crippen LogP contribution in [0.25, 0.3) is 17.1 Å². The van der Waals surface area contributed by atoms with Gasteiger partial charge >= 0.3 is 0 Å². The Labute approximate surface area is 168 Å². The van der Waals surface area contributed by atoms with Crippen molar-refractivity contribution in [3.63, 3.8) is 0 Å². The molecule has 0 atom stereocenters. The molecule has 3 heterocycles. The molecule has 1 amide bonds. The van der Waals surface area contributed by atoms with E-state index in [0.29, 0.717) is 22.2 Å². The lowest BCUT2D eigenvalue weighted by atomic mass is 10.1. The van der Waals surface area contributed by atoms with Gasteiger partial charge in [0.25, 0.3) is 5.91 Å². The molecule has 142 valence electrons. The first-order chi connectivity index (χ1) is 12.7. The molecule has 1 saturated heterocycles. The topological polar surface area (TPSA) is 72.1 Å². The van der Waals surface area contributed by atoms with E-state index in [2.05, 4.69) is 15.7 Å². The Hall–Kier alpha value is -2.28. The molecule has 2 aromatic heterocycles. The van der Waals surface area contributed by atoms with Gasteiger partial charge in [0, 0.05) is 17.1 Å². The van der Waals surface area contributed by atoms with Gasteiger partial charge in [-0.15, -0.1) is 12.4 Å². The maximum absolute atomic E-state index is 12.7. The SMILES string of the molecule is Cl.O=C(NC1CCNCC1)c1cc(-c2ccco2)n(-c2cccc(Cl)c2)n1. The van der Waals surface area contributed by atoms with Crippen LogP contribution in [-0.2, 0) is 0 Å².